The highest BCUT2D eigenvalue weighted by Gasteiger charge is 2.09. The van der Waals surface area contributed by atoms with Crippen LogP contribution in [-0.4, -0.2) is 9.55 Å². The van der Waals surface area contributed by atoms with Gasteiger partial charge in [0, 0.05) is 12.6 Å². The number of nitrogens with zero attached hydrogens (tertiary/aromatic N) is 1. The van der Waals surface area contributed by atoms with Crippen molar-refractivity contribution in [2.45, 2.75) is 33.2 Å². The molecule has 0 fully saturated rings. The number of halogens is 2. The van der Waals surface area contributed by atoms with E-state index >= 15 is 0 Å². The second-order valence-electron chi connectivity index (χ2n) is 4.90. The van der Waals surface area contributed by atoms with Gasteiger partial charge in [0.25, 0.3) is 0 Å². The van der Waals surface area contributed by atoms with Gasteiger partial charge in [-0.05, 0) is 37.0 Å². The molecule has 0 aliphatic rings. The predicted octanol–water partition coefficient (Wildman–Crippen LogP) is 4.93. The van der Waals surface area contributed by atoms with E-state index in [-0.39, 0.29) is 5.02 Å². The number of nitrogens with one attached hydrogen (secondary N) is 1. The minimum Gasteiger partial charge on any atom is -0.331 e. The average molecular weight is 287 g/mol. The van der Waals surface area contributed by atoms with Gasteiger partial charge in [-0.1, -0.05) is 25.4 Å². The molecule has 1 aromatic heterocycles. The van der Waals surface area contributed by atoms with Crippen molar-refractivity contribution in [3.63, 3.8) is 0 Å². The van der Waals surface area contributed by atoms with E-state index in [0.717, 1.165) is 30.4 Å². The Balaban J connectivity index is 2.35. The van der Waals surface area contributed by atoms with Crippen LogP contribution in [0.15, 0.2) is 12.1 Å². The highest BCUT2D eigenvalue weighted by Crippen LogP contribution is 2.23. The normalized spacial score (nSPS) is 11.6. The number of aromatic amines is 1. The lowest BCUT2D eigenvalue weighted by Crippen LogP contribution is -2.00. The Kier molecular flexibility index (Phi) is 4.07. The zero-order chi connectivity index (χ0) is 13.3. The van der Waals surface area contributed by atoms with Crippen molar-refractivity contribution in [2.24, 2.45) is 5.92 Å². The third-order valence-corrected chi connectivity index (χ3v) is 3.59. The topological polar surface area (TPSA) is 20.7 Å². The van der Waals surface area contributed by atoms with Crippen LogP contribution in [0.4, 0.5) is 4.39 Å². The van der Waals surface area contributed by atoms with Gasteiger partial charge < -0.3 is 9.55 Å². The molecule has 0 radical (unpaired) electrons. The van der Waals surface area contributed by atoms with E-state index in [1.165, 1.54) is 6.07 Å². The standard InChI is InChI=1S/C13H16ClFN2S/c1-8(2)4-3-5-17-12-7-10(15)9(14)6-11(12)16-13(17)18/h6-8H,3-5H2,1-2H3,(H,16,18). The number of benzene rings is 1. The number of aryl methyl sites for hydroxylation is 1. The van der Waals surface area contributed by atoms with E-state index < -0.39 is 5.82 Å². The molecule has 2 nitrogen and oxygen atoms in total. The summed E-state index contributed by atoms with van der Waals surface area (Å²) in [5, 5.41) is 0.119. The summed E-state index contributed by atoms with van der Waals surface area (Å²) in [5.74, 6) is 0.256. The van der Waals surface area contributed by atoms with Crippen LogP contribution < -0.4 is 0 Å². The summed E-state index contributed by atoms with van der Waals surface area (Å²) in [7, 11) is 0. The predicted molar refractivity (Wildman–Crippen MR) is 76.2 cm³/mol. The maximum Gasteiger partial charge on any atom is 0.178 e. The molecule has 0 spiro atoms. The van der Waals surface area contributed by atoms with Crippen LogP contribution in [0.1, 0.15) is 26.7 Å². The molecular formula is C13H16ClFN2S. The number of imidazole rings is 1. The quantitative estimate of drug-likeness (QED) is 0.791. The maximum atomic E-state index is 13.5. The second kappa shape index (κ2) is 5.41. The number of aromatic nitrogens is 2. The first-order valence-corrected chi connectivity index (χ1v) is 6.85. The molecule has 0 aliphatic heterocycles. The van der Waals surface area contributed by atoms with E-state index in [4.69, 9.17) is 23.8 Å². The Morgan fingerprint density at radius 3 is 2.83 bits per heavy atom. The first kappa shape index (κ1) is 13.6. The lowest BCUT2D eigenvalue weighted by molar-refractivity contribution is 0.514. The molecule has 0 saturated carbocycles. The Labute approximate surface area is 116 Å². The van der Waals surface area contributed by atoms with E-state index in [9.17, 15) is 4.39 Å². The third-order valence-electron chi connectivity index (χ3n) is 2.98. The second-order valence-corrected chi connectivity index (χ2v) is 5.70. The summed E-state index contributed by atoms with van der Waals surface area (Å²) in [6.45, 7) is 5.18. The van der Waals surface area contributed by atoms with Crippen LogP contribution in [0.25, 0.3) is 11.0 Å². The van der Waals surface area contributed by atoms with Crippen molar-refractivity contribution < 1.29 is 4.39 Å². The van der Waals surface area contributed by atoms with Crippen molar-refractivity contribution in [1.82, 2.24) is 9.55 Å². The lowest BCUT2D eigenvalue weighted by atomic mass is 10.1. The van der Waals surface area contributed by atoms with Gasteiger partial charge >= 0.3 is 0 Å². The van der Waals surface area contributed by atoms with Crippen LogP contribution in [0.3, 0.4) is 0 Å². The van der Waals surface area contributed by atoms with Crippen LogP contribution in [0.5, 0.6) is 0 Å². The zero-order valence-electron chi connectivity index (χ0n) is 10.5. The van der Waals surface area contributed by atoms with Crippen molar-refractivity contribution in [2.75, 3.05) is 0 Å². The van der Waals surface area contributed by atoms with Gasteiger partial charge in [0.05, 0.1) is 16.1 Å². The number of rotatable bonds is 4. The summed E-state index contributed by atoms with van der Waals surface area (Å²) in [5.41, 5.74) is 1.57. The molecule has 2 aromatic rings. The zero-order valence-corrected chi connectivity index (χ0v) is 12.0. The van der Waals surface area contributed by atoms with E-state index in [1.807, 2.05) is 4.57 Å². The highest BCUT2D eigenvalue weighted by atomic mass is 35.5. The molecule has 0 aliphatic carbocycles. The largest absolute Gasteiger partial charge is 0.331 e. The average Bonchev–Trinajstić information content (AvgIpc) is 2.56. The molecule has 0 atom stereocenters. The molecule has 0 bridgehead atoms. The number of hydrogen-bond acceptors (Lipinski definition) is 1. The van der Waals surface area contributed by atoms with E-state index in [2.05, 4.69) is 18.8 Å². The number of H-pyrrole nitrogens is 1. The van der Waals surface area contributed by atoms with Gasteiger partial charge in [-0.15, -0.1) is 0 Å². The Bertz CT molecular complexity index is 615. The van der Waals surface area contributed by atoms with Gasteiger partial charge in [-0.3, -0.25) is 0 Å². The lowest BCUT2D eigenvalue weighted by Gasteiger charge is -2.07. The highest BCUT2D eigenvalue weighted by molar-refractivity contribution is 7.71. The summed E-state index contributed by atoms with van der Waals surface area (Å²) >= 11 is 11.0. The van der Waals surface area contributed by atoms with Crippen molar-refractivity contribution >= 4 is 34.9 Å². The monoisotopic (exact) mass is 286 g/mol. The fourth-order valence-electron chi connectivity index (χ4n) is 2.03. The van der Waals surface area contributed by atoms with Crippen LogP contribution in [0, 0.1) is 16.5 Å². The van der Waals surface area contributed by atoms with Gasteiger partial charge in [0.1, 0.15) is 5.82 Å². The molecule has 0 amide bonds. The van der Waals surface area contributed by atoms with Gasteiger partial charge in [-0.25, -0.2) is 4.39 Å². The van der Waals surface area contributed by atoms with Crippen LogP contribution in [0.2, 0.25) is 5.02 Å². The van der Waals surface area contributed by atoms with Gasteiger partial charge in [0.2, 0.25) is 0 Å². The summed E-state index contributed by atoms with van der Waals surface area (Å²) in [6, 6.07) is 3.03. The molecule has 1 heterocycles. The summed E-state index contributed by atoms with van der Waals surface area (Å²) < 4.78 is 16.1. The summed E-state index contributed by atoms with van der Waals surface area (Å²) in [6.07, 6.45) is 2.16. The summed E-state index contributed by atoms with van der Waals surface area (Å²) in [4.78, 5) is 3.06. The third kappa shape index (κ3) is 2.75. The Hall–Kier alpha value is -0.870. The molecule has 18 heavy (non-hydrogen) atoms. The molecule has 0 unspecified atom stereocenters. The SMILES string of the molecule is CC(C)CCCn1c(=S)[nH]c2cc(Cl)c(F)cc21. The van der Waals surface area contributed by atoms with Crippen molar-refractivity contribution in [3.8, 4) is 0 Å². The fourth-order valence-corrected chi connectivity index (χ4v) is 2.49. The van der Waals surface area contributed by atoms with Gasteiger partial charge in [0.15, 0.2) is 4.77 Å². The Morgan fingerprint density at radius 2 is 2.17 bits per heavy atom. The van der Waals surface area contributed by atoms with Crippen molar-refractivity contribution in [3.05, 3.63) is 27.7 Å². The molecule has 1 N–H and O–H groups in total. The fraction of sp³-hybridized carbons (Fsp3) is 0.462. The van der Waals surface area contributed by atoms with E-state index in [0.29, 0.717) is 10.7 Å². The van der Waals surface area contributed by atoms with Crippen molar-refractivity contribution in [1.29, 1.82) is 0 Å². The Morgan fingerprint density at radius 1 is 1.44 bits per heavy atom. The number of fused-ring (bicyclic) bond motifs is 1. The number of hydrogen-bond donors (Lipinski definition) is 1. The van der Waals surface area contributed by atoms with Crippen LogP contribution in [-0.2, 0) is 6.54 Å². The first-order valence-electron chi connectivity index (χ1n) is 6.06. The molecule has 5 heteroatoms. The minimum absolute atomic E-state index is 0.119. The molecular weight excluding hydrogens is 271 g/mol. The molecule has 98 valence electrons. The molecule has 1 aromatic carbocycles. The van der Waals surface area contributed by atoms with Gasteiger partial charge in [-0.2, -0.15) is 0 Å². The smallest absolute Gasteiger partial charge is 0.178 e. The maximum absolute atomic E-state index is 13.5. The molecule has 0 saturated heterocycles. The molecule has 2 rings (SSSR count). The minimum atomic E-state index is -0.407. The first-order chi connectivity index (χ1) is 8.49. The van der Waals surface area contributed by atoms with E-state index in [1.54, 1.807) is 6.07 Å². The van der Waals surface area contributed by atoms with Crippen LogP contribution >= 0.6 is 23.8 Å².